The second-order valence-corrected chi connectivity index (χ2v) is 3.75. The number of methoxy groups -OCH3 is 2. The van der Waals surface area contributed by atoms with Gasteiger partial charge in [0.15, 0.2) is 0 Å². The van der Waals surface area contributed by atoms with E-state index in [1.165, 1.54) is 7.11 Å². The molecule has 0 aliphatic carbocycles. The van der Waals surface area contributed by atoms with E-state index < -0.39 is 0 Å². The Bertz CT molecular complexity index is 393. The Morgan fingerprint density at radius 2 is 2.12 bits per heavy atom. The van der Waals surface area contributed by atoms with Crippen molar-refractivity contribution in [1.82, 2.24) is 5.32 Å². The molecule has 0 aliphatic heterocycles. The molecular formula is C12H18N2O3. The van der Waals surface area contributed by atoms with E-state index in [9.17, 15) is 4.79 Å². The molecule has 1 aromatic carbocycles. The fourth-order valence-electron chi connectivity index (χ4n) is 1.29. The number of hydrogen-bond acceptors (Lipinski definition) is 4. The number of carbonyl (C=O) groups is 1. The fourth-order valence-corrected chi connectivity index (χ4v) is 1.29. The van der Waals surface area contributed by atoms with E-state index >= 15 is 0 Å². The zero-order chi connectivity index (χ0) is 12.8. The number of nitrogen functional groups attached to an aromatic ring is 1. The van der Waals surface area contributed by atoms with Crippen molar-refractivity contribution in [2.24, 2.45) is 0 Å². The van der Waals surface area contributed by atoms with Crippen LogP contribution in [0.1, 0.15) is 17.3 Å². The van der Waals surface area contributed by atoms with Gasteiger partial charge in [-0.3, -0.25) is 4.79 Å². The van der Waals surface area contributed by atoms with E-state index in [0.29, 0.717) is 23.5 Å². The lowest BCUT2D eigenvalue weighted by Crippen LogP contribution is -2.31. The number of amides is 1. The van der Waals surface area contributed by atoms with Crippen molar-refractivity contribution in [1.29, 1.82) is 0 Å². The largest absolute Gasteiger partial charge is 0.497 e. The monoisotopic (exact) mass is 238 g/mol. The van der Waals surface area contributed by atoms with Gasteiger partial charge >= 0.3 is 0 Å². The second kappa shape index (κ2) is 6.10. The molecule has 5 heteroatoms. The standard InChI is InChI=1S/C12H18N2O3/c1-8(16-2)7-14-12(15)9-4-10(13)6-11(5-9)17-3/h4-6,8H,7,13H2,1-3H3,(H,14,15). The predicted molar refractivity (Wildman–Crippen MR) is 66.2 cm³/mol. The van der Waals surface area contributed by atoms with Crippen LogP contribution < -0.4 is 15.8 Å². The maximum Gasteiger partial charge on any atom is 0.251 e. The van der Waals surface area contributed by atoms with E-state index in [-0.39, 0.29) is 12.0 Å². The Morgan fingerprint density at radius 3 is 2.71 bits per heavy atom. The molecule has 0 aliphatic rings. The topological polar surface area (TPSA) is 73.6 Å². The molecule has 0 saturated carbocycles. The summed E-state index contributed by atoms with van der Waals surface area (Å²) in [7, 11) is 3.13. The number of anilines is 1. The van der Waals surface area contributed by atoms with Crippen LogP contribution in [0.2, 0.25) is 0 Å². The van der Waals surface area contributed by atoms with E-state index in [1.807, 2.05) is 6.92 Å². The van der Waals surface area contributed by atoms with Crippen molar-refractivity contribution >= 4 is 11.6 Å². The molecule has 0 heterocycles. The molecule has 0 saturated heterocycles. The molecule has 1 atom stereocenters. The molecule has 3 N–H and O–H groups in total. The van der Waals surface area contributed by atoms with E-state index in [4.69, 9.17) is 15.2 Å². The number of rotatable bonds is 5. The van der Waals surface area contributed by atoms with Crippen LogP contribution in [0, 0.1) is 0 Å². The maximum atomic E-state index is 11.8. The van der Waals surface area contributed by atoms with Crippen LogP contribution in [-0.4, -0.2) is 32.8 Å². The van der Waals surface area contributed by atoms with Gasteiger partial charge in [-0.05, 0) is 19.1 Å². The highest BCUT2D eigenvalue weighted by Gasteiger charge is 2.09. The molecule has 1 amide bonds. The molecule has 17 heavy (non-hydrogen) atoms. The van der Waals surface area contributed by atoms with Gasteiger partial charge in [-0.1, -0.05) is 0 Å². The van der Waals surface area contributed by atoms with Crippen LogP contribution in [0.25, 0.3) is 0 Å². The van der Waals surface area contributed by atoms with Crippen LogP contribution in [0.3, 0.4) is 0 Å². The van der Waals surface area contributed by atoms with Gasteiger partial charge in [-0.25, -0.2) is 0 Å². The maximum absolute atomic E-state index is 11.8. The average molecular weight is 238 g/mol. The molecule has 1 unspecified atom stereocenters. The van der Waals surface area contributed by atoms with Gasteiger partial charge in [0, 0.05) is 31.0 Å². The minimum atomic E-state index is -0.195. The molecule has 0 aromatic heterocycles. The number of nitrogens with one attached hydrogen (secondary N) is 1. The Balaban J connectivity index is 2.71. The quantitative estimate of drug-likeness (QED) is 0.752. The van der Waals surface area contributed by atoms with E-state index in [0.717, 1.165) is 0 Å². The minimum absolute atomic E-state index is 0.0260. The molecule has 0 fully saturated rings. The zero-order valence-electron chi connectivity index (χ0n) is 10.3. The van der Waals surface area contributed by atoms with Crippen LogP contribution in [0.5, 0.6) is 5.75 Å². The van der Waals surface area contributed by atoms with Crippen molar-refractivity contribution in [2.75, 3.05) is 26.5 Å². The van der Waals surface area contributed by atoms with Gasteiger partial charge in [-0.15, -0.1) is 0 Å². The minimum Gasteiger partial charge on any atom is -0.497 e. The highest BCUT2D eigenvalue weighted by Crippen LogP contribution is 2.18. The third kappa shape index (κ3) is 3.96. The lowest BCUT2D eigenvalue weighted by Gasteiger charge is -2.11. The SMILES string of the molecule is COc1cc(N)cc(C(=O)NCC(C)OC)c1. The van der Waals surface area contributed by atoms with Crippen molar-refractivity contribution in [2.45, 2.75) is 13.0 Å². The normalized spacial score (nSPS) is 11.9. The van der Waals surface area contributed by atoms with Gasteiger partial charge in [0.25, 0.3) is 5.91 Å². The van der Waals surface area contributed by atoms with Gasteiger partial charge in [0.05, 0.1) is 13.2 Å². The Labute approximate surface area is 101 Å². The van der Waals surface area contributed by atoms with Crippen molar-refractivity contribution in [3.8, 4) is 5.75 Å². The lowest BCUT2D eigenvalue weighted by atomic mass is 10.1. The second-order valence-electron chi connectivity index (χ2n) is 3.75. The summed E-state index contributed by atoms with van der Waals surface area (Å²) < 4.78 is 10.1. The fraction of sp³-hybridized carbons (Fsp3) is 0.417. The van der Waals surface area contributed by atoms with E-state index in [1.54, 1.807) is 25.3 Å². The molecule has 94 valence electrons. The number of ether oxygens (including phenoxy) is 2. The third-order valence-corrected chi connectivity index (χ3v) is 2.38. The molecule has 1 rings (SSSR count). The lowest BCUT2D eigenvalue weighted by molar-refractivity contribution is 0.0870. The molecular weight excluding hydrogens is 220 g/mol. The molecule has 0 spiro atoms. The smallest absolute Gasteiger partial charge is 0.251 e. The summed E-state index contributed by atoms with van der Waals surface area (Å²) in [5.41, 5.74) is 6.64. The van der Waals surface area contributed by atoms with Crippen molar-refractivity contribution < 1.29 is 14.3 Å². The summed E-state index contributed by atoms with van der Waals surface area (Å²) in [6.07, 6.45) is -0.0260. The summed E-state index contributed by atoms with van der Waals surface area (Å²) in [5, 5.41) is 2.75. The number of nitrogens with two attached hydrogens (primary N) is 1. The number of hydrogen-bond donors (Lipinski definition) is 2. The zero-order valence-corrected chi connectivity index (χ0v) is 10.3. The first-order valence-electron chi connectivity index (χ1n) is 5.32. The Kier molecular flexibility index (Phi) is 4.78. The van der Waals surface area contributed by atoms with Crippen LogP contribution in [-0.2, 0) is 4.74 Å². The third-order valence-electron chi connectivity index (χ3n) is 2.38. The Hall–Kier alpha value is -1.75. The summed E-state index contributed by atoms with van der Waals surface area (Å²) in [6, 6.07) is 4.91. The van der Waals surface area contributed by atoms with Gasteiger partial charge in [-0.2, -0.15) is 0 Å². The van der Waals surface area contributed by atoms with Gasteiger partial charge < -0.3 is 20.5 Å². The van der Waals surface area contributed by atoms with Crippen LogP contribution in [0.15, 0.2) is 18.2 Å². The first kappa shape index (κ1) is 13.3. The van der Waals surface area contributed by atoms with Gasteiger partial charge in [0.2, 0.25) is 0 Å². The highest BCUT2D eigenvalue weighted by molar-refractivity contribution is 5.95. The molecule has 0 bridgehead atoms. The molecule has 1 aromatic rings. The summed E-state index contributed by atoms with van der Waals surface area (Å²) in [4.78, 5) is 11.8. The highest BCUT2D eigenvalue weighted by atomic mass is 16.5. The first-order chi connectivity index (χ1) is 8.06. The van der Waals surface area contributed by atoms with Crippen LogP contribution in [0.4, 0.5) is 5.69 Å². The van der Waals surface area contributed by atoms with E-state index in [2.05, 4.69) is 5.32 Å². The van der Waals surface area contributed by atoms with Gasteiger partial charge in [0.1, 0.15) is 5.75 Å². The average Bonchev–Trinajstić information content (AvgIpc) is 2.34. The summed E-state index contributed by atoms with van der Waals surface area (Å²) in [5.74, 6) is 0.370. The van der Waals surface area contributed by atoms with Crippen LogP contribution >= 0.6 is 0 Å². The molecule has 5 nitrogen and oxygen atoms in total. The van der Waals surface area contributed by atoms with Crippen molar-refractivity contribution in [3.05, 3.63) is 23.8 Å². The summed E-state index contributed by atoms with van der Waals surface area (Å²) in [6.45, 7) is 2.33. The summed E-state index contributed by atoms with van der Waals surface area (Å²) >= 11 is 0. The number of carbonyl (C=O) groups excluding carboxylic acids is 1. The Morgan fingerprint density at radius 1 is 1.41 bits per heavy atom. The molecule has 0 radical (unpaired) electrons. The predicted octanol–water partition coefficient (Wildman–Crippen LogP) is 1.04. The van der Waals surface area contributed by atoms with Crippen molar-refractivity contribution in [3.63, 3.8) is 0 Å². The first-order valence-corrected chi connectivity index (χ1v) is 5.32. The number of benzene rings is 1.